The van der Waals surface area contributed by atoms with Gasteiger partial charge in [-0.1, -0.05) is 59.3 Å². The van der Waals surface area contributed by atoms with E-state index < -0.39 is 0 Å². The summed E-state index contributed by atoms with van der Waals surface area (Å²) in [5.41, 5.74) is 4.43. The van der Waals surface area contributed by atoms with E-state index in [0.29, 0.717) is 10.8 Å². The molecule has 0 saturated carbocycles. The van der Waals surface area contributed by atoms with Crippen molar-refractivity contribution in [2.45, 2.75) is 13.0 Å². The highest BCUT2D eigenvalue weighted by atomic mass is 35.5. The molecule has 0 aliphatic carbocycles. The minimum atomic E-state index is 0.493. The molecule has 3 aromatic heterocycles. The Morgan fingerprint density at radius 1 is 0.967 bits per heavy atom. The quantitative estimate of drug-likeness (QED) is 0.415. The van der Waals surface area contributed by atoms with E-state index in [-0.39, 0.29) is 0 Å². The Bertz CT molecular complexity index is 1330. The van der Waals surface area contributed by atoms with Crippen LogP contribution >= 0.6 is 11.6 Å². The third kappa shape index (κ3) is 3.46. The van der Waals surface area contributed by atoms with Crippen LogP contribution in [-0.2, 0) is 20.0 Å². The van der Waals surface area contributed by atoms with Crippen LogP contribution < -0.4 is 0 Å². The van der Waals surface area contributed by atoms with Crippen LogP contribution in [0.1, 0.15) is 5.56 Å². The zero-order chi connectivity index (χ0) is 20.5. The van der Waals surface area contributed by atoms with E-state index in [9.17, 15) is 0 Å². The first-order chi connectivity index (χ1) is 14.7. The SMILES string of the molecule is Cn1nnc(-c2ccnc(-c3cn(CCc4cccc5ccccc45)cn3)c2)c1Cl. The summed E-state index contributed by atoms with van der Waals surface area (Å²) in [7, 11) is 1.76. The van der Waals surface area contributed by atoms with Gasteiger partial charge in [0.25, 0.3) is 0 Å². The molecule has 0 fully saturated rings. The van der Waals surface area contributed by atoms with Gasteiger partial charge < -0.3 is 4.57 Å². The molecule has 0 saturated heterocycles. The fourth-order valence-electron chi connectivity index (χ4n) is 3.62. The maximum Gasteiger partial charge on any atom is 0.154 e. The smallest absolute Gasteiger partial charge is 0.154 e. The molecule has 0 bridgehead atoms. The first-order valence-electron chi connectivity index (χ1n) is 9.69. The van der Waals surface area contributed by atoms with Gasteiger partial charge in [-0.25, -0.2) is 9.67 Å². The second kappa shape index (κ2) is 7.72. The van der Waals surface area contributed by atoms with Crippen molar-refractivity contribution >= 4 is 22.4 Å². The first kappa shape index (κ1) is 18.5. The Kier molecular flexibility index (Phi) is 4.77. The van der Waals surface area contributed by atoms with E-state index in [1.165, 1.54) is 16.3 Å². The van der Waals surface area contributed by atoms with Crippen molar-refractivity contribution < 1.29 is 0 Å². The molecule has 148 valence electrons. The van der Waals surface area contributed by atoms with Crippen molar-refractivity contribution in [3.63, 3.8) is 0 Å². The van der Waals surface area contributed by atoms with Gasteiger partial charge in [-0.2, -0.15) is 0 Å². The second-order valence-corrected chi connectivity index (χ2v) is 7.53. The van der Waals surface area contributed by atoms with Crippen LogP contribution in [0.25, 0.3) is 33.4 Å². The summed E-state index contributed by atoms with van der Waals surface area (Å²) in [6, 6.07) is 18.8. The molecule has 0 spiro atoms. The van der Waals surface area contributed by atoms with Crippen LogP contribution in [0, 0.1) is 0 Å². The normalized spacial score (nSPS) is 11.3. The molecule has 3 heterocycles. The van der Waals surface area contributed by atoms with Gasteiger partial charge in [0.15, 0.2) is 5.15 Å². The molecule has 0 radical (unpaired) electrons. The number of aromatic nitrogens is 6. The van der Waals surface area contributed by atoms with Crippen molar-refractivity contribution in [3.05, 3.63) is 84.0 Å². The monoisotopic (exact) mass is 414 g/mol. The van der Waals surface area contributed by atoms with Crippen molar-refractivity contribution in [1.29, 1.82) is 0 Å². The third-order valence-corrected chi connectivity index (χ3v) is 5.63. The average Bonchev–Trinajstić information content (AvgIpc) is 3.39. The summed E-state index contributed by atoms with van der Waals surface area (Å²) in [5.74, 6) is 0. The maximum atomic E-state index is 6.28. The molecule has 30 heavy (non-hydrogen) atoms. The molecule has 0 aliphatic heterocycles. The van der Waals surface area contributed by atoms with E-state index in [4.69, 9.17) is 11.6 Å². The molecule has 6 nitrogen and oxygen atoms in total. The number of hydrogen-bond donors (Lipinski definition) is 0. The van der Waals surface area contributed by atoms with Crippen LogP contribution in [0.5, 0.6) is 0 Å². The van der Waals surface area contributed by atoms with Gasteiger partial charge in [-0.05, 0) is 34.9 Å². The van der Waals surface area contributed by atoms with Gasteiger partial charge in [-0.15, -0.1) is 5.10 Å². The number of imidazole rings is 1. The average molecular weight is 415 g/mol. The van der Waals surface area contributed by atoms with E-state index in [2.05, 4.69) is 67.3 Å². The lowest BCUT2D eigenvalue weighted by Crippen LogP contribution is -1.99. The summed E-state index contributed by atoms with van der Waals surface area (Å²) in [6.07, 6.45) is 6.55. The number of aryl methyl sites for hydroxylation is 3. The summed E-state index contributed by atoms with van der Waals surface area (Å²) >= 11 is 6.28. The van der Waals surface area contributed by atoms with E-state index in [1.807, 2.05) is 24.7 Å². The number of rotatable bonds is 5. The van der Waals surface area contributed by atoms with Crippen LogP contribution in [0.15, 0.2) is 73.3 Å². The van der Waals surface area contributed by atoms with E-state index in [0.717, 1.165) is 29.9 Å². The number of nitrogens with zero attached hydrogens (tertiary/aromatic N) is 6. The van der Waals surface area contributed by atoms with Crippen molar-refractivity contribution in [2.24, 2.45) is 7.05 Å². The maximum absolute atomic E-state index is 6.28. The van der Waals surface area contributed by atoms with E-state index >= 15 is 0 Å². The van der Waals surface area contributed by atoms with Crippen molar-refractivity contribution in [1.82, 2.24) is 29.5 Å². The fourth-order valence-corrected chi connectivity index (χ4v) is 3.80. The summed E-state index contributed by atoms with van der Waals surface area (Å²) in [6.45, 7) is 0.844. The molecular weight excluding hydrogens is 396 g/mol. The highest BCUT2D eigenvalue weighted by Gasteiger charge is 2.13. The summed E-state index contributed by atoms with van der Waals surface area (Å²) < 4.78 is 3.64. The third-order valence-electron chi connectivity index (χ3n) is 5.21. The Morgan fingerprint density at radius 3 is 2.70 bits per heavy atom. The van der Waals surface area contributed by atoms with Crippen molar-refractivity contribution in [3.8, 4) is 22.6 Å². The molecule has 0 aliphatic rings. The second-order valence-electron chi connectivity index (χ2n) is 7.17. The minimum Gasteiger partial charge on any atom is -0.336 e. The van der Waals surface area contributed by atoms with Crippen LogP contribution in [0.4, 0.5) is 0 Å². The standard InChI is InChI=1S/C23H19ClN6/c1-29-23(24)22(27-28-29)18-9-11-25-20(13-18)21-14-30(15-26-21)12-10-17-7-4-6-16-5-2-3-8-19(16)17/h2-9,11,13-15H,10,12H2,1H3. The van der Waals surface area contributed by atoms with Crippen molar-refractivity contribution in [2.75, 3.05) is 0 Å². The van der Waals surface area contributed by atoms with Crippen LogP contribution in [0.2, 0.25) is 5.15 Å². The molecule has 0 amide bonds. The van der Waals surface area contributed by atoms with Crippen LogP contribution in [-0.4, -0.2) is 29.5 Å². The lowest BCUT2D eigenvalue weighted by atomic mass is 10.0. The zero-order valence-corrected chi connectivity index (χ0v) is 17.2. The lowest BCUT2D eigenvalue weighted by Gasteiger charge is -2.07. The highest BCUT2D eigenvalue weighted by Crippen LogP contribution is 2.27. The molecule has 5 aromatic rings. The summed E-state index contributed by atoms with van der Waals surface area (Å²) in [4.78, 5) is 9.02. The topological polar surface area (TPSA) is 61.4 Å². The number of pyridine rings is 1. The largest absolute Gasteiger partial charge is 0.336 e. The van der Waals surface area contributed by atoms with Gasteiger partial charge >= 0.3 is 0 Å². The van der Waals surface area contributed by atoms with E-state index in [1.54, 1.807) is 17.9 Å². The highest BCUT2D eigenvalue weighted by molar-refractivity contribution is 6.31. The van der Waals surface area contributed by atoms with Gasteiger partial charge in [0.2, 0.25) is 0 Å². The Labute approximate surface area is 178 Å². The Morgan fingerprint density at radius 2 is 1.83 bits per heavy atom. The number of benzene rings is 2. The Hall–Kier alpha value is -3.51. The molecule has 0 atom stereocenters. The zero-order valence-electron chi connectivity index (χ0n) is 16.4. The van der Waals surface area contributed by atoms with Gasteiger partial charge in [0.1, 0.15) is 11.4 Å². The molecular formula is C23H19ClN6. The Balaban J connectivity index is 1.37. The molecule has 5 rings (SSSR count). The minimum absolute atomic E-state index is 0.493. The number of halogens is 1. The van der Waals surface area contributed by atoms with Crippen LogP contribution in [0.3, 0.4) is 0 Å². The molecule has 7 heteroatoms. The number of fused-ring (bicyclic) bond motifs is 1. The first-order valence-corrected chi connectivity index (χ1v) is 10.1. The fraction of sp³-hybridized carbons (Fsp3) is 0.130. The van der Waals surface area contributed by atoms with Gasteiger partial charge in [0.05, 0.1) is 12.0 Å². The molecule has 2 aromatic carbocycles. The summed E-state index contributed by atoms with van der Waals surface area (Å²) in [5, 5.41) is 11.2. The lowest BCUT2D eigenvalue weighted by molar-refractivity contribution is 0.698. The number of hydrogen-bond acceptors (Lipinski definition) is 4. The van der Waals surface area contributed by atoms with Gasteiger partial charge in [-0.3, -0.25) is 4.98 Å². The predicted octanol–water partition coefficient (Wildman–Crippen LogP) is 4.79. The molecule has 0 unspecified atom stereocenters. The van der Waals surface area contributed by atoms with Gasteiger partial charge in [0, 0.05) is 31.5 Å². The predicted molar refractivity (Wildman–Crippen MR) is 118 cm³/mol. The molecule has 0 N–H and O–H groups in total.